The fraction of sp³-hybridized carbons (Fsp3) is 0.167. The number of nitrogens with one attached hydrogen (secondary N) is 2. The molecule has 8 heteroatoms. The Morgan fingerprint density at radius 1 is 1.19 bits per heavy atom. The lowest BCUT2D eigenvalue weighted by atomic mass is 10.2. The lowest BCUT2D eigenvalue weighted by molar-refractivity contribution is -0.121. The highest BCUT2D eigenvalue weighted by atomic mass is 35.5. The van der Waals surface area contributed by atoms with Gasteiger partial charge in [0.2, 0.25) is 5.91 Å². The van der Waals surface area contributed by atoms with Gasteiger partial charge in [-0.3, -0.25) is 20.4 Å². The smallest absolute Gasteiger partial charge is 0.273 e. The van der Waals surface area contributed by atoms with Crippen LogP contribution >= 0.6 is 11.6 Å². The molecule has 1 aromatic heterocycles. The van der Waals surface area contributed by atoms with Crippen molar-refractivity contribution in [2.24, 2.45) is 7.05 Å². The van der Waals surface area contributed by atoms with Gasteiger partial charge in [0.1, 0.15) is 11.6 Å². The molecule has 2 amide bonds. The number of aromatic nitrogens is 2. The number of carbonyl (C=O) groups excluding carboxylic acids is 2. The zero-order chi connectivity index (χ0) is 18.7. The number of methoxy groups -OCH3 is 1. The number of imidazole rings is 1. The second-order valence-electron chi connectivity index (χ2n) is 5.60. The molecule has 0 bridgehead atoms. The van der Waals surface area contributed by atoms with Crippen molar-refractivity contribution in [1.29, 1.82) is 0 Å². The van der Waals surface area contributed by atoms with E-state index in [1.807, 2.05) is 35.9 Å². The third kappa shape index (κ3) is 3.62. The van der Waals surface area contributed by atoms with Crippen LogP contribution in [0.25, 0.3) is 11.0 Å². The minimum Gasteiger partial charge on any atom is -0.496 e. The van der Waals surface area contributed by atoms with Crippen molar-refractivity contribution in [3.05, 3.63) is 58.9 Å². The molecule has 0 aliphatic carbocycles. The fourth-order valence-electron chi connectivity index (χ4n) is 2.59. The van der Waals surface area contributed by atoms with Crippen molar-refractivity contribution < 1.29 is 14.3 Å². The number of halogens is 1. The normalized spacial score (nSPS) is 10.6. The van der Waals surface area contributed by atoms with Crippen LogP contribution in [0.15, 0.2) is 42.5 Å². The number of para-hydroxylation sites is 2. The molecule has 0 fully saturated rings. The molecule has 26 heavy (non-hydrogen) atoms. The highest BCUT2D eigenvalue weighted by molar-refractivity contribution is 6.31. The van der Waals surface area contributed by atoms with Crippen LogP contribution in [0.5, 0.6) is 5.75 Å². The number of hydrogen-bond acceptors (Lipinski definition) is 4. The molecule has 0 aliphatic rings. The van der Waals surface area contributed by atoms with Crippen LogP contribution in [0.3, 0.4) is 0 Å². The maximum atomic E-state index is 12.3. The maximum Gasteiger partial charge on any atom is 0.273 e. The molecule has 0 saturated carbocycles. The van der Waals surface area contributed by atoms with Crippen molar-refractivity contribution in [2.75, 3.05) is 7.11 Å². The van der Waals surface area contributed by atoms with Gasteiger partial charge in [0, 0.05) is 12.1 Å². The molecule has 0 atom stereocenters. The standard InChI is InChI=1S/C18H17ClN4O3/c1-23-14-6-4-3-5-13(14)20-16(23)10-17(24)21-22-18(25)12-9-11(19)7-8-15(12)26-2/h3-9H,10H2,1-2H3,(H,21,24)(H,22,25). The summed E-state index contributed by atoms with van der Waals surface area (Å²) in [7, 11) is 3.29. The van der Waals surface area contributed by atoms with Crippen molar-refractivity contribution in [2.45, 2.75) is 6.42 Å². The molecule has 3 rings (SSSR count). The first-order chi connectivity index (χ1) is 12.5. The van der Waals surface area contributed by atoms with Gasteiger partial charge in [-0.05, 0) is 30.3 Å². The predicted octanol–water partition coefficient (Wildman–Crippen LogP) is 2.24. The van der Waals surface area contributed by atoms with E-state index in [0.29, 0.717) is 16.6 Å². The lowest BCUT2D eigenvalue weighted by Gasteiger charge is -2.10. The van der Waals surface area contributed by atoms with Crippen molar-refractivity contribution in [3.63, 3.8) is 0 Å². The summed E-state index contributed by atoms with van der Waals surface area (Å²) in [4.78, 5) is 28.8. The number of hydrogen-bond donors (Lipinski definition) is 2. The van der Waals surface area contributed by atoms with E-state index in [9.17, 15) is 9.59 Å². The first-order valence-electron chi connectivity index (χ1n) is 7.82. The first-order valence-corrected chi connectivity index (χ1v) is 8.20. The van der Waals surface area contributed by atoms with E-state index >= 15 is 0 Å². The number of aryl methyl sites for hydroxylation is 1. The van der Waals surface area contributed by atoms with Crippen LogP contribution in [0.2, 0.25) is 5.02 Å². The summed E-state index contributed by atoms with van der Waals surface area (Å²) in [6, 6.07) is 12.3. The van der Waals surface area contributed by atoms with E-state index in [0.717, 1.165) is 11.0 Å². The Balaban J connectivity index is 1.66. The summed E-state index contributed by atoms with van der Waals surface area (Å²) in [5.41, 5.74) is 6.71. The zero-order valence-electron chi connectivity index (χ0n) is 14.2. The van der Waals surface area contributed by atoms with E-state index in [1.165, 1.54) is 13.2 Å². The Hall–Kier alpha value is -3.06. The summed E-state index contributed by atoms with van der Waals surface area (Å²) in [6.07, 6.45) is 0.0259. The Morgan fingerprint density at radius 3 is 2.69 bits per heavy atom. The van der Waals surface area contributed by atoms with Crippen LogP contribution in [0, 0.1) is 0 Å². The molecule has 3 aromatic rings. The molecule has 134 valence electrons. The van der Waals surface area contributed by atoms with Gasteiger partial charge in [-0.2, -0.15) is 0 Å². The van der Waals surface area contributed by atoms with Crippen LogP contribution in [-0.2, 0) is 18.3 Å². The number of nitrogens with zero attached hydrogens (tertiary/aromatic N) is 2. The molecule has 2 N–H and O–H groups in total. The van der Waals surface area contributed by atoms with Gasteiger partial charge in [0.15, 0.2) is 0 Å². The van der Waals surface area contributed by atoms with E-state index < -0.39 is 11.8 Å². The van der Waals surface area contributed by atoms with Gasteiger partial charge >= 0.3 is 0 Å². The Kier molecular flexibility index (Phi) is 5.09. The van der Waals surface area contributed by atoms with Crippen molar-refractivity contribution in [1.82, 2.24) is 20.4 Å². The average Bonchev–Trinajstić information content (AvgIpc) is 2.95. The topological polar surface area (TPSA) is 85.2 Å². The minimum absolute atomic E-state index is 0.0259. The van der Waals surface area contributed by atoms with Gasteiger partial charge in [-0.1, -0.05) is 23.7 Å². The minimum atomic E-state index is -0.525. The zero-order valence-corrected chi connectivity index (χ0v) is 15.0. The average molecular weight is 373 g/mol. The van der Waals surface area contributed by atoms with Gasteiger partial charge in [0.05, 0.1) is 30.1 Å². The summed E-state index contributed by atoms with van der Waals surface area (Å²) in [5.74, 6) is 0.0373. The second-order valence-corrected chi connectivity index (χ2v) is 6.04. The summed E-state index contributed by atoms with van der Waals surface area (Å²) in [5, 5.41) is 0.391. The molecule has 0 radical (unpaired) electrons. The molecule has 0 saturated heterocycles. The summed E-state index contributed by atoms with van der Waals surface area (Å²) >= 11 is 5.91. The van der Waals surface area contributed by atoms with E-state index in [1.54, 1.807) is 12.1 Å². The molecule has 7 nitrogen and oxygen atoms in total. The van der Waals surface area contributed by atoms with E-state index in [-0.39, 0.29) is 12.0 Å². The summed E-state index contributed by atoms with van der Waals surface area (Å²) < 4.78 is 6.97. The second kappa shape index (κ2) is 7.45. The Labute approximate surface area is 154 Å². The predicted molar refractivity (Wildman–Crippen MR) is 98.0 cm³/mol. The van der Waals surface area contributed by atoms with Gasteiger partial charge < -0.3 is 9.30 Å². The highest BCUT2D eigenvalue weighted by Gasteiger charge is 2.15. The van der Waals surface area contributed by atoms with Gasteiger partial charge in [-0.25, -0.2) is 4.98 Å². The van der Waals surface area contributed by atoms with Crippen LogP contribution in [0.1, 0.15) is 16.2 Å². The first kappa shape index (κ1) is 17.8. The largest absolute Gasteiger partial charge is 0.496 e. The SMILES string of the molecule is COc1ccc(Cl)cc1C(=O)NNC(=O)Cc1nc2ccccc2n1C. The highest BCUT2D eigenvalue weighted by Crippen LogP contribution is 2.22. The van der Waals surface area contributed by atoms with Crippen LogP contribution in [0.4, 0.5) is 0 Å². The quantitative estimate of drug-likeness (QED) is 0.688. The Bertz CT molecular complexity index is 984. The molecular weight excluding hydrogens is 356 g/mol. The third-order valence-electron chi connectivity index (χ3n) is 3.92. The van der Waals surface area contributed by atoms with Gasteiger partial charge in [-0.15, -0.1) is 0 Å². The van der Waals surface area contributed by atoms with Crippen LogP contribution in [-0.4, -0.2) is 28.5 Å². The number of rotatable bonds is 4. The molecular formula is C18H17ClN4O3. The molecule has 1 heterocycles. The van der Waals surface area contributed by atoms with E-state index in [2.05, 4.69) is 15.8 Å². The number of carbonyl (C=O) groups is 2. The molecule has 0 spiro atoms. The number of amides is 2. The number of ether oxygens (including phenoxy) is 1. The molecule has 0 unspecified atom stereocenters. The number of fused-ring (bicyclic) bond motifs is 1. The number of hydrazine groups is 1. The van der Waals surface area contributed by atoms with Gasteiger partial charge in [0.25, 0.3) is 5.91 Å². The van der Waals surface area contributed by atoms with Crippen LogP contribution < -0.4 is 15.6 Å². The summed E-state index contributed by atoms with van der Waals surface area (Å²) in [6.45, 7) is 0. The van der Waals surface area contributed by atoms with Crippen molar-refractivity contribution >= 4 is 34.4 Å². The maximum absolute atomic E-state index is 12.3. The lowest BCUT2D eigenvalue weighted by Crippen LogP contribution is -2.42. The molecule has 0 aliphatic heterocycles. The number of benzene rings is 2. The Morgan fingerprint density at radius 2 is 1.96 bits per heavy atom. The third-order valence-corrected chi connectivity index (χ3v) is 4.16. The van der Waals surface area contributed by atoms with E-state index in [4.69, 9.17) is 16.3 Å². The fourth-order valence-corrected chi connectivity index (χ4v) is 2.76. The van der Waals surface area contributed by atoms with Crippen molar-refractivity contribution in [3.8, 4) is 5.75 Å². The monoisotopic (exact) mass is 372 g/mol. The molecule has 2 aromatic carbocycles.